The number of sulfonamides is 1. The molecular weight excluding hydrogens is 412 g/mol. The molecule has 0 fully saturated rings. The minimum atomic E-state index is -3.69. The molecule has 30 heavy (non-hydrogen) atoms. The van der Waals surface area contributed by atoms with Crippen LogP contribution in [0.2, 0.25) is 0 Å². The van der Waals surface area contributed by atoms with Gasteiger partial charge in [0.15, 0.2) is 0 Å². The lowest BCUT2D eigenvalue weighted by molar-refractivity contribution is 0.0587. The largest absolute Gasteiger partial charge is 0.465 e. The summed E-state index contributed by atoms with van der Waals surface area (Å²) in [5.74, 6) is -1.96. The van der Waals surface area contributed by atoms with E-state index in [2.05, 4.69) is 14.8 Å². The van der Waals surface area contributed by atoms with Crippen LogP contribution in [0.4, 0.5) is 5.69 Å². The van der Waals surface area contributed by atoms with E-state index in [1.807, 2.05) is 0 Å². The molecule has 10 heteroatoms. The average molecular weight is 434 g/mol. The van der Waals surface area contributed by atoms with Crippen molar-refractivity contribution in [3.8, 4) is 0 Å². The van der Waals surface area contributed by atoms with Crippen molar-refractivity contribution in [2.75, 3.05) is 19.5 Å². The van der Waals surface area contributed by atoms with Crippen molar-refractivity contribution in [2.45, 2.75) is 24.8 Å². The number of benzene rings is 2. The summed E-state index contributed by atoms with van der Waals surface area (Å²) in [5.41, 5.74) is 0.367. The first kappa shape index (κ1) is 23.0. The fourth-order valence-corrected chi connectivity index (χ4v) is 3.79. The molecule has 0 bridgehead atoms. The first-order valence-corrected chi connectivity index (χ1v) is 10.3. The molecule has 160 valence electrons. The Morgan fingerprint density at radius 3 is 1.97 bits per heavy atom. The van der Waals surface area contributed by atoms with Crippen LogP contribution in [0, 0.1) is 0 Å². The number of methoxy groups -OCH3 is 2. The lowest BCUT2D eigenvalue weighted by Gasteiger charge is -2.12. The second kappa shape index (κ2) is 9.51. The van der Waals surface area contributed by atoms with E-state index in [1.54, 1.807) is 13.8 Å². The highest BCUT2D eigenvalue weighted by molar-refractivity contribution is 7.89. The molecule has 0 radical (unpaired) electrons. The molecule has 0 aliphatic heterocycles. The predicted molar refractivity (Wildman–Crippen MR) is 109 cm³/mol. The summed E-state index contributed by atoms with van der Waals surface area (Å²) in [4.78, 5) is 36.4. The first-order chi connectivity index (χ1) is 14.1. The van der Waals surface area contributed by atoms with Crippen LogP contribution in [0.25, 0.3) is 0 Å². The van der Waals surface area contributed by atoms with E-state index in [-0.39, 0.29) is 33.3 Å². The molecule has 2 aromatic rings. The van der Waals surface area contributed by atoms with E-state index in [0.29, 0.717) is 0 Å². The van der Waals surface area contributed by atoms with Crippen LogP contribution in [-0.2, 0) is 19.5 Å². The third-order valence-corrected chi connectivity index (χ3v) is 5.59. The minimum absolute atomic E-state index is 0.00990. The first-order valence-electron chi connectivity index (χ1n) is 8.83. The summed E-state index contributed by atoms with van der Waals surface area (Å²) < 4.78 is 36.2. The van der Waals surface area contributed by atoms with Gasteiger partial charge >= 0.3 is 11.9 Å². The van der Waals surface area contributed by atoms with Gasteiger partial charge in [-0.2, -0.15) is 0 Å². The number of ether oxygens (including phenoxy) is 2. The molecule has 0 aromatic heterocycles. The van der Waals surface area contributed by atoms with Crippen molar-refractivity contribution in [1.82, 2.24) is 4.72 Å². The average Bonchev–Trinajstić information content (AvgIpc) is 2.71. The molecule has 0 aliphatic rings. The summed E-state index contributed by atoms with van der Waals surface area (Å²) in [7, 11) is -1.30. The van der Waals surface area contributed by atoms with Crippen molar-refractivity contribution in [3.05, 3.63) is 59.2 Å². The van der Waals surface area contributed by atoms with Gasteiger partial charge in [0.25, 0.3) is 5.91 Å². The molecule has 0 heterocycles. The zero-order valence-corrected chi connectivity index (χ0v) is 17.7. The summed E-state index contributed by atoms with van der Waals surface area (Å²) >= 11 is 0. The highest BCUT2D eigenvalue weighted by atomic mass is 32.2. The van der Waals surface area contributed by atoms with Gasteiger partial charge in [-0.25, -0.2) is 22.7 Å². The standard InChI is InChI=1S/C20H22N2O7S/c1-12(2)22-30(26,27)15-8-5-13(6-9-15)18(23)21-17-11-14(19(24)28-3)7-10-16(17)20(25)29-4/h5-12,22H,1-4H3,(H,21,23). The number of rotatable bonds is 7. The Hall–Kier alpha value is -3.24. The summed E-state index contributed by atoms with van der Waals surface area (Å²) in [6.45, 7) is 3.39. The molecule has 2 aromatic carbocycles. The number of amides is 1. The van der Waals surface area contributed by atoms with Gasteiger partial charge in [0.2, 0.25) is 10.0 Å². The Morgan fingerprint density at radius 1 is 0.867 bits per heavy atom. The van der Waals surface area contributed by atoms with E-state index >= 15 is 0 Å². The molecule has 2 rings (SSSR count). The van der Waals surface area contributed by atoms with Gasteiger partial charge in [-0.1, -0.05) is 0 Å². The van der Waals surface area contributed by atoms with Gasteiger partial charge in [0.05, 0.1) is 35.9 Å². The van der Waals surface area contributed by atoms with E-state index in [9.17, 15) is 22.8 Å². The van der Waals surface area contributed by atoms with Gasteiger partial charge in [-0.3, -0.25) is 4.79 Å². The Bertz CT molecular complexity index is 1060. The Kier molecular flexibility index (Phi) is 7.30. The molecule has 0 unspecified atom stereocenters. The van der Waals surface area contributed by atoms with Crippen LogP contribution in [0.15, 0.2) is 47.4 Å². The predicted octanol–water partition coefficient (Wildman–Crippen LogP) is 2.20. The van der Waals surface area contributed by atoms with Gasteiger partial charge < -0.3 is 14.8 Å². The highest BCUT2D eigenvalue weighted by Crippen LogP contribution is 2.21. The van der Waals surface area contributed by atoms with Crippen LogP contribution in [0.1, 0.15) is 44.9 Å². The van der Waals surface area contributed by atoms with Crippen LogP contribution in [-0.4, -0.2) is 46.5 Å². The van der Waals surface area contributed by atoms with Crippen molar-refractivity contribution < 1.29 is 32.3 Å². The Balaban J connectivity index is 2.32. The van der Waals surface area contributed by atoms with Crippen LogP contribution in [0.5, 0.6) is 0 Å². The SMILES string of the molecule is COC(=O)c1ccc(C(=O)OC)c(NC(=O)c2ccc(S(=O)(=O)NC(C)C)cc2)c1. The molecule has 9 nitrogen and oxygen atoms in total. The van der Waals surface area contributed by atoms with Crippen LogP contribution < -0.4 is 10.0 Å². The zero-order chi connectivity index (χ0) is 22.5. The van der Waals surface area contributed by atoms with E-state index in [0.717, 1.165) is 0 Å². The summed E-state index contributed by atoms with van der Waals surface area (Å²) in [6, 6.07) is 8.99. The summed E-state index contributed by atoms with van der Waals surface area (Å²) in [6.07, 6.45) is 0. The van der Waals surface area contributed by atoms with E-state index < -0.39 is 27.9 Å². The van der Waals surface area contributed by atoms with Crippen LogP contribution in [0.3, 0.4) is 0 Å². The number of hydrogen-bond acceptors (Lipinski definition) is 7. The number of anilines is 1. The maximum atomic E-state index is 12.6. The highest BCUT2D eigenvalue weighted by Gasteiger charge is 2.19. The number of esters is 2. The lowest BCUT2D eigenvalue weighted by atomic mass is 10.1. The second-order valence-corrected chi connectivity index (χ2v) is 8.21. The van der Waals surface area contributed by atoms with Crippen LogP contribution >= 0.6 is 0 Å². The topological polar surface area (TPSA) is 128 Å². The van der Waals surface area contributed by atoms with Gasteiger partial charge in [0, 0.05) is 11.6 Å². The smallest absolute Gasteiger partial charge is 0.339 e. The lowest BCUT2D eigenvalue weighted by Crippen LogP contribution is -2.30. The fourth-order valence-electron chi connectivity index (χ4n) is 2.54. The monoisotopic (exact) mass is 434 g/mol. The molecule has 1 amide bonds. The number of hydrogen-bond donors (Lipinski definition) is 2. The van der Waals surface area contributed by atoms with Crippen molar-refractivity contribution in [3.63, 3.8) is 0 Å². The zero-order valence-electron chi connectivity index (χ0n) is 16.9. The van der Waals surface area contributed by atoms with E-state index in [4.69, 9.17) is 4.74 Å². The Morgan fingerprint density at radius 2 is 1.43 bits per heavy atom. The maximum Gasteiger partial charge on any atom is 0.339 e. The molecule has 2 N–H and O–H groups in total. The molecule has 0 saturated heterocycles. The Labute approximate surface area is 174 Å². The van der Waals surface area contributed by atoms with Gasteiger partial charge in [-0.15, -0.1) is 0 Å². The third-order valence-electron chi connectivity index (χ3n) is 3.91. The molecular formula is C20H22N2O7S. The second-order valence-electron chi connectivity index (χ2n) is 6.50. The summed E-state index contributed by atoms with van der Waals surface area (Å²) in [5, 5.41) is 2.54. The van der Waals surface area contributed by atoms with Crippen molar-refractivity contribution >= 4 is 33.6 Å². The molecule has 0 saturated carbocycles. The van der Waals surface area contributed by atoms with Crippen molar-refractivity contribution in [1.29, 1.82) is 0 Å². The van der Waals surface area contributed by atoms with Gasteiger partial charge in [-0.05, 0) is 56.3 Å². The number of carbonyl (C=O) groups is 3. The third kappa shape index (κ3) is 5.43. The number of nitrogens with one attached hydrogen (secondary N) is 2. The molecule has 0 atom stereocenters. The number of carbonyl (C=O) groups excluding carboxylic acids is 3. The molecule has 0 aliphatic carbocycles. The normalized spacial score (nSPS) is 11.1. The fraction of sp³-hybridized carbons (Fsp3) is 0.250. The maximum absolute atomic E-state index is 12.6. The van der Waals surface area contributed by atoms with E-state index in [1.165, 1.54) is 56.7 Å². The van der Waals surface area contributed by atoms with Crippen molar-refractivity contribution in [2.24, 2.45) is 0 Å². The molecule has 0 spiro atoms. The van der Waals surface area contributed by atoms with Gasteiger partial charge in [0.1, 0.15) is 0 Å². The minimum Gasteiger partial charge on any atom is -0.465 e. The quantitative estimate of drug-likeness (QED) is 0.639.